The lowest BCUT2D eigenvalue weighted by atomic mass is 10.2. The Hall–Kier alpha value is -1.89. The molecule has 146 valence electrons. The van der Waals surface area contributed by atoms with Gasteiger partial charge in [0.15, 0.2) is 0 Å². The molecule has 3 aromatic rings. The molecule has 1 amide bonds. The Morgan fingerprint density at radius 2 is 1.86 bits per heavy atom. The van der Waals surface area contributed by atoms with Crippen molar-refractivity contribution >= 4 is 41.0 Å². The number of nitrogens with one attached hydrogen (secondary N) is 1. The second-order valence-corrected chi connectivity index (χ2v) is 8.45. The molecule has 7 heteroatoms. The molecule has 1 N–H and O–H groups in total. The highest BCUT2D eigenvalue weighted by atomic mass is 35.5. The molecule has 28 heavy (non-hydrogen) atoms. The predicted octanol–water partition coefficient (Wildman–Crippen LogP) is 5.57. The van der Waals surface area contributed by atoms with Crippen molar-refractivity contribution in [1.29, 1.82) is 0 Å². The molecule has 3 rings (SSSR count). The molecule has 1 heterocycles. The van der Waals surface area contributed by atoms with E-state index in [1.807, 2.05) is 49.6 Å². The Morgan fingerprint density at radius 1 is 1.14 bits per heavy atom. The van der Waals surface area contributed by atoms with Crippen LogP contribution in [-0.4, -0.2) is 22.9 Å². The standard InChI is InChI=1S/C21H21ClN2O2S2/c1-14-19(24-21(26-14)16-5-9-18(27-2)10-6-16)12-28-13-20(25)23-11-15-3-7-17(22)8-4-15/h3-10H,11-13H2,1-2H3,(H,23,25). The monoisotopic (exact) mass is 432 g/mol. The average Bonchev–Trinajstić information content (AvgIpc) is 3.08. The molecular formula is C21H21ClN2O2S2. The lowest BCUT2D eigenvalue weighted by Crippen LogP contribution is -2.24. The van der Waals surface area contributed by atoms with E-state index in [0.717, 1.165) is 22.6 Å². The number of carbonyl (C=O) groups is 1. The van der Waals surface area contributed by atoms with Crippen molar-refractivity contribution in [2.45, 2.75) is 24.1 Å². The van der Waals surface area contributed by atoms with Crippen LogP contribution in [0.1, 0.15) is 17.0 Å². The van der Waals surface area contributed by atoms with Crippen molar-refractivity contribution < 1.29 is 9.21 Å². The molecule has 0 saturated carbocycles. The molecule has 0 unspecified atom stereocenters. The maximum absolute atomic E-state index is 12.0. The number of amides is 1. The van der Waals surface area contributed by atoms with Gasteiger partial charge in [-0.15, -0.1) is 23.5 Å². The number of aryl methyl sites for hydroxylation is 1. The second kappa shape index (κ2) is 10.0. The molecule has 0 aliphatic carbocycles. The molecule has 0 spiro atoms. The van der Waals surface area contributed by atoms with Crippen molar-refractivity contribution in [2.24, 2.45) is 0 Å². The molecule has 0 aliphatic rings. The molecule has 4 nitrogen and oxygen atoms in total. The number of rotatable bonds is 8. The van der Waals surface area contributed by atoms with Crippen LogP contribution in [0.25, 0.3) is 11.5 Å². The Bertz CT molecular complexity index is 925. The number of aromatic nitrogens is 1. The SMILES string of the molecule is CSc1ccc(-c2nc(CSCC(=O)NCc3ccc(Cl)cc3)c(C)o2)cc1. The predicted molar refractivity (Wildman–Crippen MR) is 118 cm³/mol. The summed E-state index contributed by atoms with van der Waals surface area (Å²) in [4.78, 5) is 17.8. The van der Waals surface area contributed by atoms with Crippen LogP contribution in [-0.2, 0) is 17.1 Å². The number of thioether (sulfide) groups is 2. The van der Waals surface area contributed by atoms with Crippen molar-refractivity contribution in [1.82, 2.24) is 10.3 Å². The minimum atomic E-state index is -0.00558. The molecule has 0 fully saturated rings. The summed E-state index contributed by atoms with van der Waals surface area (Å²) >= 11 is 9.08. The normalized spacial score (nSPS) is 10.8. The number of halogens is 1. The smallest absolute Gasteiger partial charge is 0.230 e. The molecule has 2 aromatic carbocycles. The highest BCUT2D eigenvalue weighted by Crippen LogP contribution is 2.26. The zero-order valence-electron chi connectivity index (χ0n) is 15.7. The molecule has 1 aromatic heterocycles. The van der Waals surface area contributed by atoms with Gasteiger partial charge in [-0.05, 0) is 55.1 Å². The Balaban J connectivity index is 1.48. The van der Waals surface area contributed by atoms with Gasteiger partial charge in [-0.3, -0.25) is 4.79 Å². The van der Waals surface area contributed by atoms with Crippen LogP contribution in [0.15, 0.2) is 57.8 Å². The van der Waals surface area contributed by atoms with E-state index >= 15 is 0 Å². The van der Waals surface area contributed by atoms with Crippen LogP contribution < -0.4 is 5.32 Å². The summed E-state index contributed by atoms with van der Waals surface area (Å²) in [6.45, 7) is 2.40. The largest absolute Gasteiger partial charge is 0.441 e. The first-order valence-electron chi connectivity index (χ1n) is 8.75. The van der Waals surface area contributed by atoms with Gasteiger partial charge in [-0.1, -0.05) is 23.7 Å². The first kappa shape index (κ1) is 20.8. The summed E-state index contributed by atoms with van der Waals surface area (Å²) in [6.07, 6.45) is 2.05. The fraction of sp³-hybridized carbons (Fsp3) is 0.238. The van der Waals surface area contributed by atoms with Gasteiger partial charge in [0, 0.05) is 27.8 Å². The topological polar surface area (TPSA) is 55.1 Å². The average molecular weight is 433 g/mol. The van der Waals surface area contributed by atoms with Crippen LogP contribution in [0.2, 0.25) is 5.02 Å². The van der Waals surface area contributed by atoms with Crippen LogP contribution >= 0.6 is 35.1 Å². The fourth-order valence-electron chi connectivity index (χ4n) is 2.51. The first-order chi connectivity index (χ1) is 13.5. The number of hydrogen-bond donors (Lipinski definition) is 1. The van der Waals surface area contributed by atoms with E-state index in [9.17, 15) is 4.79 Å². The van der Waals surface area contributed by atoms with Crippen molar-refractivity contribution in [3.05, 3.63) is 70.6 Å². The van der Waals surface area contributed by atoms with Crippen molar-refractivity contribution in [3.8, 4) is 11.5 Å². The van der Waals surface area contributed by atoms with Gasteiger partial charge < -0.3 is 9.73 Å². The molecule has 0 aliphatic heterocycles. The second-order valence-electron chi connectivity index (χ2n) is 6.15. The number of hydrogen-bond acceptors (Lipinski definition) is 5. The highest BCUT2D eigenvalue weighted by molar-refractivity contribution is 7.99. The summed E-state index contributed by atoms with van der Waals surface area (Å²) < 4.78 is 5.80. The summed E-state index contributed by atoms with van der Waals surface area (Å²) in [6, 6.07) is 15.6. The summed E-state index contributed by atoms with van der Waals surface area (Å²) in [7, 11) is 0. The fourth-order valence-corrected chi connectivity index (χ4v) is 3.90. The van der Waals surface area contributed by atoms with Crippen LogP contribution in [0.3, 0.4) is 0 Å². The first-order valence-corrected chi connectivity index (χ1v) is 11.5. The zero-order valence-corrected chi connectivity index (χ0v) is 18.1. The van der Waals surface area contributed by atoms with Crippen LogP contribution in [0, 0.1) is 6.92 Å². The van der Waals surface area contributed by atoms with Gasteiger partial charge in [0.2, 0.25) is 11.8 Å². The molecule has 0 bridgehead atoms. The van der Waals surface area contributed by atoms with Gasteiger partial charge in [-0.2, -0.15) is 0 Å². The van der Waals surface area contributed by atoms with Gasteiger partial charge in [0.1, 0.15) is 5.76 Å². The summed E-state index contributed by atoms with van der Waals surface area (Å²) in [5.41, 5.74) is 2.85. The summed E-state index contributed by atoms with van der Waals surface area (Å²) in [5.74, 6) is 2.41. The molecule has 0 atom stereocenters. The van der Waals surface area contributed by atoms with Gasteiger partial charge in [-0.25, -0.2) is 4.98 Å². The van der Waals surface area contributed by atoms with Crippen LogP contribution in [0.4, 0.5) is 0 Å². The quantitative estimate of drug-likeness (QED) is 0.471. The van der Waals surface area contributed by atoms with E-state index in [2.05, 4.69) is 22.4 Å². The van der Waals surface area contributed by atoms with Gasteiger partial charge in [0.05, 0.1) is 11.4 Å². The number of oxazole rings is 1. The van der Waals surface area contributed by atoms with Crippen molar-refractivity contribution in [2.75, 3.05) is 12.0 Å². The lowest BCUT2D eigenvalue weighted by molar-refractivity contribution is -0.118. The van der Waals surface area contributed by atoms with Gasteiger partial charge in [0.25, 0.3) is 0 Å². The summed E-state index contributed by atoms with van der Waals surface area (Å²) in [5, 5.41) is 3.60. The number of benzene rings is 2. The van der Waals surface area contributed by atoms with Crippen molar-refractivity contribution in [3.63, 3.8) is 0 Å². The molecule has 0 radical (unpaired) electrons. The minimum Gasteiger partial charge on any atom is -0.441 e. The minimum absolute atomic E-state index is 0.00558. The Kier molecular flexibility index (Phi) is 7.48. The van der Waals surface area contributed by atoms with E-state index in [1.54, 1.807) is 11.8 Å². The third-order valence-electron chi connectivity index (χ3n) is 4.10. The van der Waals surface area contributed by atoms with E-state index < -0.39 is 0 Å². The van der Waals surface area contributed by atoms with E-state index in [0.29, 0.717) is 29.0 Å². The maximum Gasteiger partial charge on any atom is 0.230 e. The zero-order chi connectivity index (χ0) is 19.9. The van der Waals surface area contributed by atoms with Crippen LogP contribution in [0.5, 0.6) is 0 Å². The Labute approximate surface area is 178 Å². The maximum atomic E-state index is 12.0. The highest BCUT2D eigenvalue weighted by Gasteiger charge is 2.12. The molecule has 0 saturated heterocycles. The third kappa shape index (κ3) is 5.80. The van der Waals surface area contributed by atoms with Gasteiger partial charge >= 0.3 is 0 Å². The molecular weight excluding hydrogens is 412 g/mol. The van der Waals surface area contributed by atoms with E-state index in [1.165, 1.54) is 16.7 Å². The Morgan fingerprint density at radius 3 is 2.54 bits per heavy atom. The number of carbonyl (C=O) groups excluding carboxylic acids is 1. The lowest BCUT2D eigenvalue weighted by Gasteiger charge is -2.05. The number of nitrogens with zero attached hydrogens (tertiary/aromatic N) is 1. The third-order valence-corrected chi connectivity index (χ3v) is 6.04. The van der Waals surface area contributed by atoms with E-state index in [4.69, 9.17) is 16.0 Å². The van der Waals surface area contributed by atoms with E-state index in [-0.39, 0.29) is 5.91 Å².